The SMILES string of the molecule is CCC(C)Cc1nc(C(F)(F)F)ccc1/C=C/C(=O)NCc1ccc(N)c(F)c1. The van der Waals surface area contributed by atoms with E-state index in [1.54, 1.807) is 6.07 Å². The van der Waals surface area contributed by atoms with Crippen LogP contribution in [-0.2, 0) is 23.9 Å². The maximum atomic E-state index is 13.4. The molecule has 0 aliphatic rings. The van der Waals surface area contributed by atoms with Gasteiger partial charge in [-0.05, 0) is 47.7 Å². The molecule has 29 heavy (non-hydrogen) atoms. The Labute approximate surface area is 166 Å². The lowest BCUT2D eigenvalue weighted by molar-refractivity contribution is -0.141. The standard InChI is InChI=1S/C21H23F4N3O/c1-3-13(2)10-18-15(5-8-19(28-18)21(23,24)25)6-9-20(29)27-12-14-4-7-17(26)16(22)11-14/h4-9,11,13H,3,10,12,26H2,1-2H3,(H,27,29)/b9-6+. The summed E-state index contributed by atoms with van der Waals surface area (Å²) in [6, 6.07) is 6.43. The average Bonchev–Trinajstić information content (AvgIpc) is 2.66. The number of nitrogens with one attached hydrogen (secondary N) is 1. The minimum absolute atomic E-state index is 0.0172. The van der Waals surface area contributed by atoms with Crippen LogP contribution in [0.5, 0.6) is 0 Å². The van der Waals surface area contributed by atoms with Gasteiger partial charge >= 0.3 is 6.18 Å². The van der Waals surface area contributed by atoms with Gasteiger partial charge in [-0.15, -0.1) is 0 Å². The van der Waals surface area contributed by atoms with Crippen LogP contribution in [0.15, 0.2) is 36.4 Å². The van der Waals surface area contributed by atoms with Crippen LogP contribution in [-0.4, -0.2) is 10.9 Å². The molecule has 4 nitrogen and oxygen atoms in total. The number of amides is 1. The fourth-order valence-corrected chi connectivity index (χ4v) is 2.55. The summed E-state index contributed by atoms with van der Waals surface area (Å²) in [7, 11) is 0. The van der Waals surface area contributed by atoms with Crippen molar-refractivity contribution in [3.63, 3.8) is 0 Å². The number of hydrogen-bond acceptors (Lipinski definition) is 3. The monoisotopic (exact) mass is 409 g/mol. The van der Waals surface area contributed by atoms with E-state index in [1.165, 1.54) is 30.4 Å². The molecule has 0 bridgehead atoms. The number of halogens is 4. The van der Waals surface area contributed by atoms with Gasteiger partial charge in [0.25, 0.3) is 0 Å². The van der Waals surface area contributed by atoms with Gasteiger partial charge in [-0.3, -0.25) is 4.79 Å². The van der Waals surface area contributed by atoms with Crippen molar-refractivity contribution in [3.05, 3.63) is 64.7 Å². The van der Waals surface area contributed by atoms with Gasteiger partial charge in [0, 0.05) is 18.3 Å². The lowest BCUT2D eigenvalue weighted by atomic mass is 9.99. The lowest BCUT2D eigenvalue weighted by Gasteiger charge is -2.13. The molecular formula is C21H23F4N3O. The lowest BCUT2D eigenvalue weighted by Crippen LogP contribution is -2.20. The highest BCUT2D eigenvalue weighted by Crippen LogP contribution is 2.29. The Morgan fingerprint density at radius 1 is 1.28 bits per heavy atom. The summed E-state index contributed by atoms with van der Waals surface area (Å²) in [6.07, 6.45) is -0.716. The van der Waals surface area contributed by atoms with Gasteiger partial charge in [-0.1, -0.05) is 32.4 Å². The van der Waals surface area contributed by atoms with Crippen molar-refractivity contribution in [1.82, 2.24) is 10.3 Å². The number of benzene rings is 1. The Morgan fingerprint density at radius 2 is 2.00 bits per heavy atom. The van der Waals surface area contributed by atoms with Crippen LogP contribution in [0, 0.1) is 11.7 Å². The van der Waals surface area contributed by atoms with E-state index in [1.807, 2.05) is 13.8 Å². The van der Waals surface area contributed by atoms with E-state index in [9.17, 15) is 22.4 Å². The van der Waals surface area contributed by atoms with Crippen LogP contribution >= 0.6 is 0 Å². The maximum Gasteiger partial charge on any atom is 0.433 e. The van der Waals surface area contributed by atoms with Crippen molar-refractivity contribution < 1.29 is 22.4 Å². The molecule has 156 valence electrons. The summed E-state index contributed by atoms with van der Waals surface area (Å²) >= 11 is 0. The van der Waals surface area contributed by atoms with Crippen LogP contribution < -0.4 is 11.1 Å². The Morgan fingerprint density at radius 3 is 2.62 bits per heavy atom. The van der Waals surface area contributed by atoms with E-state index < -0.39 is 23.6 Å². The third-order valence-corrected chi connectivity index (χ3v) is 4.48. The summed E-state index contributed by atoms with van der Waals surface area (Å²) in [5.74, 6) is -0.887. The predicted octanol–water partition coefficient (Wildman–Crippen LogP) is 4.74. The second-order valence-electron chi connectivity index (χ2n) is 6.85. The first-order valence-corrected chi connectivity index (χ1v) is 9.17. The van der Waals surface area contributed by atoms with E-state index in [0.717, 1.165) is 12.5 Å². The molecule has 0 aliphatic carbocycles. The molecule has 8 heteroatoms. The van der Waals surface area contributed by atoms with Crippen molar-refractivity contribution in [1.29, 1.82) is 0 Å². The zero-order chi connectivity index (χ0) is 21.6. The van der Waals surface area contributed by atoms with E-state index in [2.05, 4.69) is 10.3 Å². The van der Waals surface area contributed by atoms with Gasteiger partial charge in [0.05, 0.1) is 5.69 Å². The molecule has 0 radical (unpaired) electrons. The van der Waals surface area contributed by atoms with Gasteiger partial charge < -0.3 is 11.1 Å². The molecule has 2 aromatic rings. The Kier molecular flexibility index (Phi) is 7.36. The number of aromatic nitrogens is 1. The van der Waals surface area contributed by atoms with Gasteiger partial charge in [0.15, 0.2) is 0 Å². The molecule has 0 fully saturated rings. The molecule has 2 rings (SSSR count). The number of nitrogens with zero attached hydrogens (tertiary/aromatic N) is 1. The fraction of sp³-hybridized carbons (Fsp3) is 0.333. The van der Waals surface area contributed by atoms with E-state index in [-0.39, 0.29) is 18.2 Å². The van der Waals surface area contributed by atoms with Crippen LogP contribution in [0.1, 0.15) is 42.8 Å². The molecule has 0 aliphatic heterocycles. The molecule has 1 unspecified atom stereocenters. The zero-order valence-corrected chi connectivity index (χ0v) is 16.2. The van der Waals surface area contributed by atoms with Gasteiger partial charge in [-0.2, -0.15) is 13.2 Å². The van der Waals surface area contributed by atoms with Crippen molar-refractivity contribution in [3.8, 4) is 0 Å². The second-order valence-corrected chi connectivity index (χ2v) is 6.85. The summed E-state index contributed by atoms with van der Waals surface area (Å²) in [4.78, 5) is 15.8. The van der Waals surface area contributed by atoms with Gasteiger partial charge in [0.2, 0.25) is 5.91 Å². The molecule has 1 aromatic heterocycles. The number of nitrogens with two attached hydrogens (primary N) is 1. The van der Waals surface area contributed by atoms with Crippen molar-refractivity contribution >= 4 is 17.7 Å². The minimum Gasteiger partial charge on any atom is -0.396 e. The number of hydrogen-bond donors (Lipinski definition) is 2. The topological polar surface area (TPSA) is 68.0 Å². The fourth-order valence-electron chi connectivity index (χ4n) is 2.55. The third-order valence-electron chi connectivity index (χ3n) is 4.48. The normalized spacial score (nSPS) is 12.9. The van der Waals surface area contributed by atoms with E-state index in [4.69, 9.17) is 5.73 Å². The first-order valence-electron chi connectivity index (χ1n) is 9.17. The number of nitrogen functional groups attached to an aromatic ring is 1. The summed E-state index contributed by atoms with van der Waals surface area (Å²) in [6.45, 7) is 3.96. The molecule has 1 heterocycles. The number of anilines is 1. The minimum atomic E-state index is -4.53. The largest absolute Gasteiger partial charge is 0.433 e. The molecular weight excluding hydrogens is 386 g/mol. The average molecular weight is 409 g/mol. The third kappa shape index (κ3) is 6.58. The van der Waals surface area contributed by atoms with Gasteiger partial charge in [0.1, 0.15) is 11.5 Å². The second kappa shape index (κ2) is 9.54. The maximum absolute atomic E-state index is 13.4. The number of rotatable bonds is 7. The molecule has 3 N–H and O–H groups in total. The highest BCUT2D eigenvalue weighted by Gasteiger charge is 2.32. The number of pyridine rings is 1. The first kappa shape index (κ1) is 22.4. The van der Waals surface area contributed by atoms with Crippen LogP contribution in [0.2, 0.25) is 0 Å². The Balaban J connectivity index is 2.12. The molecule has 0 saturated heterocycles. The quantitative estimate of drug-likeness (QED) is 0.394. The van der Waals surface area contributed by atoms with E-state index >= 15 is 0 Å². The number of carbonyl (C=O) groups excluding carboxylic acids is 1. The molecule has 1 atom stereocenters. The van der Waals surface area contributed by atoms with Crippen molar-refractivity contribution in [2.24, 2.45) is 5.92 Å². The molecule has 1 aromatic carbocycles. The number of carbonyl (C=O) groups is 1. The van der Waals surface area contributed by atoms with Crippen LogP contribution in [0.3, 0.4) is 0 Å². The van der Waals surface area contributed by atoms with Crippen molar-refractivity contribution in [2.75, 3.05) is 5.73 Å². The first-order chi connectivity index (χ1) is 13.6. The summed E-state index contributed by atoms with van der Waals surface area (Å²) in [5, 5.41) is 2.59. The summed E-state index contributed by atoms with van der Waals surface area (Å²) in [5.41, 5.74) is 5.74. The molecule has 1 amide bonds. The zero-order valence-electron chi connectivity index (χ0n) is 16.2. The van der Waals surface area contributed by atoms with Crippen LogP contribution in [0.25, 0.3) is 6.08 Å². The summed E-state index contributed by atoms with van der Waals surface area (Å²) < 4.78 is 52.3. The molecule has 0 spiro atoms. The predicted molar refractivity (Wildman–Crippen MR) is 104 cm³/mol. The highest BCUT2D eigenvalue weighted by atomic mass is 19.4. The van der Waals surface area contributed by atoms with Crippen LogP contribution in [0.4, 0.5) is 23.2 Å². The molecule has 0 saturated carbocycles. The smallest absolute Gasteiger partial charge is 0.396 e. The van der Waals surface area contributed by atoms with Crippen molar-refractivity contribution in [2.45, 2.75) is 39.4 Å². The van der Waals surface area contributed by atoms with E-state index in [0.29, 0.717) is 23.2 Å². The number of alkyl halides is 3. The Bertz CT molecular complexity index is 894. The van der Waals surface area contributed by atoms with Gasteiger partial charge in [-0.25, -0.2) is 9.37 Å². The Hall–Kier alpha value is -2.90. The highest BCUT2D eigenvalue weighted by molar-refractivity contribution is 5.91.